The molecule has 0 radical (unpaired) electrons. The first-order valence-electron chi connectivity index (χ1n) is 6.77. The summed E-state index contributed by atoms with van der Waals surface area (Å²) < 4.78 is 0. The molecule has 0 atom stereocenters. The molecule has 0 aliphatic carbocycles. The van der Waals surface area contributed by atoms with Gasteiger partial charge in [0.05, 0.1) is 12.7 Å². The summed E-state index contributed by atoms with van der Waals surface area (Å²) in [5.41, 5.74) is 0.974. The van der Waals surface area contributed by atoms with Crippen LogP contribution in [-0.4, -0.2) is 29.9 Å². The maximum atomic E-state index is 11.9. The number of rotatable bonds is 6. The first-order valence-corrected chi connectivity index (χ1v) is 7.58. The van der Waals surface area contributed by atoms with Crippen molar-refractivity contribution in [2.24, 2.45) is 0 Å². The molecule has 0 aliphatic heterocycles. The van der Waals surface area contributed by atoms with Crippen molar-refractivity contribution in [2.75, 3.05) is 13.1 Å². The summed E-state index contributed by atoms with van der Waals surface area (Å²) >= 11 is 1.31. The van der Waals surface area contributed by atoms with Crippen molar-refractivity contribution in [3.05, 3.63) is 41.4 Å². The molecule has 1 heterocycles. The van der Waals surface area contributed by atoms with E-state index >= 15 is 0 Å². The van der Waals surface area contributed by atoms with Crippen LogP contribution in [0.15, 0.2) is 36.5 Å². The third-order valence-electron chi connectivity index (χ3n) is 2.73. The Hall–Kier alpha value is -2.21. The summed E-state index contributed by atoms with van der Waals surface area (Å²) in [4.78, 5) is 28.1. The van der Waals surface area contributed by atoms with Crippen LogP contribution < -0.4 is 10.6 Å². The van der Waals surface area contributed by atoms with Gasteiger partial charge in [0.15, 0.2) is 0 Å². The van der Waals surface area contributed by atoms with Crippen molar-refractivity contribution in [1.82, 2.24) is 15.6 Å². The van der Waals surface area contributed by atoms with E-state index in [-0.39, 0.29) is 18.4 Å². The van der Waals surface area contributed by atoms with Gasteiger partial charge in [-0.05, 0) is 6.42 Å². The largest absolute Gasteiger partial charge is 0.355 e. The van der Waals surface area contributed by atoms with E-state index in [1.54, 1.807) is 0 Å². The monoisotopic (exact) mass is 303 g/mol. The molecule has 2 amide bonds. The van der Waals surface area contributed by atoms with Crippen LogP contribution >= 0.6 is 11.3 Å². The molecular weight excluding hydrogens is 286 g/mol. The second kappa shape index (κ2) is 7.54. The second-order valence-electron chi connectivity index (χ2n) is 4.43. The molecule has 0 saturated carbocycles. The Balaban J connectivity index is 1.92. The Morgan fingerprint density at radius 1 is 1.19 bits per heavy atom. The second-order valence-corrected chi connectivity index (χ2v) is 5.46. The lowest BCUT2D eigenvalue weighted by Crippen LogP contribution is -2.36. The van der Waals surface area contributed by atoms with Crippen LogP contribution in [0.5, 0.6) is 0 Å². The van der Waals surface area contributed by atoms with E-state index in [2.05, 4.69) is 15.6 Å². The molecule has 0 fully saturated rings. The quantitative estimate of drug-likeness (QED) is 0.858. The number of aromatic nitrogens is 1. The molecular formula is C15H17N3O2S. The molecule has 110 valence electrons. The van der Waals surface area contributed by atoms with E-state index in [0.29, 0.717) is 11.4 Å². The summed E-state index contributed by atoms with van der Waals surface area (Å²) in [5.74, 6) is -0.459. The number of nitrogens with one attached hydrogen (secondary N) is 2. The van der Waals surface area contributed by atoms with Gasteiger partial charge in [0.1, 0.15) is 9.88 Å². The summed E-state index contributed by atoms with van der Waals surface area (Å²) in [6.07, 6.45) is 2.40. The van der Waals surface area contributed by atoms with E-state index < -0.39 is 0 Å². The third-order valence-corrected chi connectivity index (χ3v) is 3.78. The van der Waals surface area contributed by atoms with Crippen LogP contribution in [0.4, 0.5) is 0 Å². The van der Waals surface area contributed by atoms with Gasteiger partial charge in [-0.2, -0.15) is 0 Å². The van der Waals surface area contributed by atoms with Crippen molar-refractivity contribution >= 4 is 23.2 Å². The van der Waals surface area contributed by atoms with Crippen molar-refractivity contribution in [1.29, 1.82) is 0 Å². The van der Waals surface area contributed by atoms with Gasteiger partial charge in [0, 0.05) is 12.1 Å². The van der Waals surface area contributed by atoms with E-state index in [1.807, 2.05) is 37.3 Å². The average Bonchev–Trinajstić information content (AvgIpc) is 3.01. The molecule has 6 heteroatoms. The summed E-state index contributed by atoms with van der Waals surface area (Å²) in [5, 5.41) is 6.08. The van der Waals surface area contributed by atoms with Gasteiger partial charge in [0.25, 0.3) is 5.91 Å². The molecule has 2 rings (SSSR count). The number of hydrogen-bond donors (Lipinski definition) is 2. The van der Waals surface area contributed by atoms with Crippen molar-refractivity contribution in [2.45, 2.75) is 13.3 Å². The molecule has 0 unspecified atom stereocenters. The van der Waals surface area contributed by atoms with Crippen LogP contribution in [0.2, 0.25) is 0 Å². The number of nitrogens with zero attached hydrogens (tertiary/aromatic N) is 1. The predicted octanol–water partition coefficient (Wildman–Crippen LogP) is 2.07. The van der Waals surface area contributed by atoms with Gasteiger partial charge >= 0.3 is 0 Å². The number of thiazole rings is 1. The van der Waals surface area contributed by atoms with Crippen LogP contribution in [0.25, 0.3) is 10.6 Å². The maximum absolute atomic E-state index is 11.9. The fourth-order valence-electron chi connectivity index (χ4n) is 1.67. The van der Waals surface area contributed by atoms with Gasteiger partial charge < -0.3 is 10.6 Å². The predicted molar refractivity (Wildman–Crippen MR) is 83.2 cm³/mol. The first kappa shape index (κ1) is 15.2. The molecule has 5 nitrogen and oxygen atoms in total. The standard InChI is InChI=1S/C15H17N3O2S/c1-2-8-16-13(19)10-17-14(20)12-9-18-15(21-12)11-6-4-3-5-7-11/h3-7,9H,2,8,10H2,1H3,(H,16,19)(H,17,20). The van der Waals surface area contributed by atoms with E-state index in [0.717, 1.165) is 17.0 Å². The molecule has 2 aromatic rings. The Kier molecular flexibility index (Phi) is 5.45. The zero-order valence-corrected chi connectivity index (χ0v) is 12.6. The molecule has 1 aromatic heterocycles. The normalized spacial score (nSPS) is 10.1. The van der Waals surface area contributed by atoms with Gasteiger partial charge in [-0.15, -0.1) is 11.3 Å². The highest BCUT2D eigenvalue weighted by molar-refractivity contribution is 7.16. The van der Waals surface area contributed by atoms with Crippen molar-refractivity contribution in [3.8, 4) is 10.6 Å². The Bertz CT molecular complexity index is 610. The van der Waals surface area contributed by atoms with Gasteiger partial charge in [0.2, 0.25) is 5.91 Å². The number of carbonyl (C=O) groups is 2. The Morgan fingerprint density at radius 3 is 2.67 bits per heavy atom. The molecule has 0 aliphatic rings. The molecule has 0 saturated heterocycles. The lowest BCUT2D eigenvalue weighted by atomic mass is 10.2. The van der Waals surface area contributed by atoms with Crippen LogP contribution in [0, 0.1) is 0 Å². The van der Waals surface area contributed by atoms with E-state index in [1.165, 1.54) is 17.5 Å². The zero-order valence-electron chi connectivity index (χ0n) is 11.8. The minimum Gasteiger partial charge on any atom is -0.355 e. The average molecular weight is 303 g/mol. The molecule has 2 N–H and O–H groups in total. The first-order chi connectivity index (χ1) is 10.2. The van der Waals surface area contributed by atoms with Crippen molar-refractivity contribution in [3.63, 3.8) is 0 Å². The van der Waals surface area contributed by atoms with Crippen molar-refractivity contribution < 1.29 is 9.59 Å². The fraction of sp³-hybridized carbons (Fsp3) is 0.267. The van der Waals surface area contributed by atoms with Crippen LogP contribution in [0.3, 0.4) is 0 Å². The van der Waals surface area contributed by atoms with Gasteiger partial charge in [-0.25, -0.2) is 4.98 Å². The van der Waals surface area contributed by atoms with Crippen LogP contribution in [0.1, 0.15) is 23.0 Å². The van der Waals surface area contributed by atoms with Crippen LogP contribution in [-0.2, 0) is 4.79 Å². The van der Waals surface area contributed by atoms with E-state index in [9.17, 15) is 9.59 Å². The lowest BCUT2D eigenvalue weighted by molar-refractivity contribution is -0.120. The molecule has 0 bridgehead atoms. The zero-order chi connectivity index (χ0) is 15.1. The fourth-order valence-corrected chi connectivity index (χ4v) is 2.51. The minimum atomic E-state index is -0.277. The highest BCUT2D eigenvalue weighted by Gasteiger charge is 2.12. The summed E-state index contributed by atoms with van der Waals surface area (Å²) in [6, 6.07) is 9.67. The molecule has 1 aromatic carbocycles. The highest BCUT2D eigenvalue weighted by Crippen LogP contribution is 2.24. The number of amides is 2. The molecule has 0 spiro atoms. The molecule has 21 heavy (non-hydrogen) atoms. The minimum absolute atomic E-state index is 0.0165. The number of carbonyl (C=O) groups excluding carboxylic acids is 2. The number of hydrogen-bond acceptors (Lipinski definition) is 4. The topological polar surface area (TPSA) is 71.1 Å². The Morgan fingerprint density at radius 2 is 1.95 bits per heavy atom. The van der Waals surface area contributed by atoms with Gasteiger partial charge in [-0.3, -0.25) is 9.59 Å². The highest BCUT2D eigenvalue weighted by atomic mass is 32.1. The lowest BCUT2D eigenvalue weighted by Gasteiger charge is -2.04. The smallest absolute Gasteiger partial charge is 0.263 e. The SMILES string of the molecule is CCCNC(=O)CNC(=O)c1cnc(-c2ccccc2)s1. The van der Waals surface area contributed by atoms with E-state index in [4.69, 9.17) is 0 Å². The number of benzene rings is 1. The Labute approximate surface area is 127 Å². The third kappa shape index (κ3) is 4.39. The van der Waals surface area contributed by atoms with Gasteiger partial charge in [-0.1, -0.05) is 37.3 Å². The maximum Gasteiger partial charge on any atom is 0.263 e. The summed E-state index contributed by atoms with van der Waals surface area (Å²) in [7, 11) is 0. The summed E-state index contributed by atoms with van der Waals surface area (Å²) in [6.45, 7) is 2.58.